The third-order valence-electron chi connectivity index (χ3n) is 11.8. The molecule has 0 aliphatic rings. The fraction of sp³-hybridized carbons (Fsp3) is 0. The van der Waals surface area contributed by atoms with Crippen molar-refractivity contribution in [3.05, 3.63) is 188 Å². The molecule has 0 bridgehead atoms. The van der Waals surface area contributed by atoms with Gasteiger partial charge in [-0.1, -0.05) is 158 Å². The first kappa shape index (κ1) is 35.8. The molecule has 0 spiro atoms. The topological polar surface area (TPSA) is 77.6 Å². The number of nitrogens with zero attached hydrogens (tertiary/aromatic N) is 5. The van der Waals surface area contributed by atoms with E-state index in [9.17, 15) is 0 Å². The fourth-order valence-corrected chi connectivity index (χ4v) is 11.2. The highest BCUT2D eigenvalue weighted by atomic mass is 32.1. The second kappa shape index (κ2) is 14.3. The summed E-state index contributed by atoms with van der Waals surface area (Å²) in [7, 11) is 0. The number of thiophene rings is 2. The van der Waals surface area contributed by atoms with Crippen LogP contribution in [0.1, 0.15) is 0 Å². The molecule has 8 heteroatoms. The van der Waals surface area contributed by atoms with Crippen LogP contribution < -0.4 is 0 Å². The Hall–Kier alpha value is -7.91. The number of hydrogen-bond donors (Lipinski definition) is 0. The Morgan fingerprint density at radius 2 is 0.905 bits per heavy atom. The minimum absolute atomic E-state index is 0.559. The van der Waals surface area contributed by atoms with Crippen LogP contribution in [0.3, 0.4) is 0 Å². The predicted molar refractivity (Wildman–Crippen MR) is 261 cm³/mol. The molecule has 0 radical (unpaired) electrons. The molecule has 5 heterocycles. The van der Waals surface area contributed by atoms with Crippen molar-refractivity contribution >= 4 is 85.1 Å². The molecule has 0 aliphatic carbocycles. The van der Waals surface area contributed by atoms with Crippen LogP contribution in [0.4, 0.5) is 0 Å². The van der Waals surface area contributed by atoms with Crippen LogP contribution in [0, 0.1) is 0 Å². The molecule has 0 saturated carbocycles. The van der Waals surface area contributed by atoms with Crippen molar-refractivity contribution in [2.24, 2.45) is 0 Å². The molecule has 0 fully saturated rings. The largest absolute Gasteiger partial charge is 0.455 e. The quantitative estimate of drug-likeness (QED) is 0.166. The molecule has 0 N–H and O–H groups in total. The minimum atomic E-state index is 0.559. The molecule has 0 amide bonds. The van der Waals surface area contributed by atoms with Gasteiger partial charge in [-0.05, 0) is 41.5 Å². The number of para-hydroxylation sites is 1. The molecule has 0 unspecified atom stereocenters. The normalized spacial score (nSPS) is 11.8. The Morgan fingerprint density at radius 1 is 0.349 bits per heavy atom. The van der Waals surface area contributed by atoms with Gasteiger partial charge >= 0.3 is 0 Å². The SMILES string of the molecule is c1ccc(-c2nc(-c3cccc(-c4cccc5c4sc4ccccc45)c3)nc(-c3cccc4oc5c(-c6nc(-c7ccccc7)c7sc8ccccc8c7n6)cccc5c34)n2)cc1. The molecule has 0 aliphatic heterocycles. The smallest absolute Gasteiger partial charge is 0.164 e. The number of rotatable bonds is 6. The van der Waals surface area contributed by atoms with Gasteiger partial charge in [-0.3, -0.25) is 0 Å². The van der Waals surface area contributed by atoms with Gasteiger partial charge < -0.3 is 4.42 Å². The first-order valence-electron chi connectivity index (χ1n) is 20.7. The van der Waals surface area contributed by atoms with Gasteiger partial charge in [0.1, 0.15) is 11.2 Å². The van der Waals surface area contributed by atoms with Gasteiger partial charge in [-0.25, -0.2) is 24.9 Å². The average Bonchev–Trinajstić information content (AvgIpc) is 4.06. The lowest BCUT2D eigenvalue weighted by Crippen LogP contribution is -2.00. The van der Waals surface area contributed by atoms with Crippen LogP contribution in [0.25, 0.3) is 130 Å². The van der Waals surface area contributed by atoms with E-state index in [1.807, 2.05) is 59.9 Å². The third kappa shape index (κ3) is 5.87. The molecule has 294 valence electrons. The Labute approximate surface area is 368 Å². The molecule has 5 aromatic heterocycles. The molecule has 6 nitrogen and oxygen atoms in total. The van der Waals surface area contributed by atoms with Crippen LogP contribution >= 0.6 is 22.7 Å². The van der Waals surface area contributed by atoms with E-state index in [1.165, 1.54) is 30.4 Å². The molecule has 8 aromatic carbocycles. The second-order valence-corrected chi connectivity index (χ2v) is 17.6. The number of aromatic nitrogens is 5. The van der Waals surface area contributed by atoms with E-state index in [-0.39, 0.29) is 0 Å². The van der Waals surface area contributed by atoms with Crippen molar-refractivity contribution in [2.45, 2.75) is 0 Å². The van der Waals surface area contributed by atoms with Gasteiger partial charge in [0.05, 0.1) is 21.5 Å². The van der Waals surface area contributed by atoms with Crippen molar-refractivity contribution in [2.75, 3.05) is 0 Å². The lowest BCUT2D eigenvalue weighted by molar-refractivity contribution is 0.669. The van der Waals surface area contributed by atoms with Gasteiger partial charge in [0.25, 0.3) is 0 Å². The molecular weight excluding hydrogens is 811 g/mol. The number of hydrogen-bond acceptors (Lipinski definition) is 8. The first-order valence-corrected chi connectivity index (χ1v) is 22.4. The zero-order valence-electron chi connectivity index (χ0n) is 33.4. The van der Waals surface area contributed by atoms with E-state index < -0.39 is 0 Å². The molecule has 13 rings (SSSR count). The maximum absolute atomic E-state index is 6.83. The fourth-order valence-electron chi connectivity index (χ4n) is 8.86. The summed E-state index contributed by atoms with van der Waals surface area (Å²) in [6.45, 7) is 0. The van der Waals surface area contributed by atoms with Gasteiger partial charge in [-0.15, -0.1) is 22.7 Å². The van der Waals surface area contributed by atoms with Crippen LogP contribution in [-0.4, -0.2) is 24.9 Å². The highest BCUT2D eigenvalue weighted by Crippen LogP contribution is 2.44. The van der Waals surface area contributed by atoms with Crippen LogP contribution in [-0.2, 0) is 0 Å². The first-order chi connectivity index (χ1) is 31.2. The van der Waals surface area contributed by atoms with Gasteiger partial charge in [-0.2, -0.15) is 0 Å². The minimum Gasteiger partial charge on any atom is -0.455 e. The number of fused-ring (bicyclic) bond motifs is 9. The Kier molecular flexibility index (Phi) is 8.15. The summed E-state index contributed by atoms with van der Waals surface area (Å²) in [4.78, 5) is 26.1. The molecule has 63 heavy (non-hydrogen) atoms. The van der Waals surface area contributed by atoms with E-state index in [2.05, 4.69) is 140 Å². The standard InChI is InChI=1S/C55H31N5OS2/c1-3-15-32(16-4-1)47-51-48(39-22-8-10-30-45(39)63-51)57-55(56-47)42-27-13-25-40-46-41(26-14-28-43(46)61-49(40)42)54-59-52(33-17-5-2-6-18-33)58-53(60-54)35-20-11-19-34(31-35)36-23-12-24-38-37-21-7-9-29-44(37)62-50(36)38/h1-31H. The van der Waals surface area contributed by atoms with E-state index in [1.54, 1.807) is 11.3 Å². The van der Waals surface area contributed by atoms with Crippen molar-refractivity contribution in [1.82, 2.24) is 24.9 Å². The van der Waals surface area contributed by atoms with Crippen LogP contribution in [0.2, 0.25) is 0 Å². The Morgan fingerprint density at radius 3 is 1.73 bits per heavy atom. The summed E-state index contributed by atoms with van der Waals surface area (Å²) in [5.41, 5.74) is 10.1. The maximum atomic E-state index is 6.83. The van der Waals surface area contributed by atoms with E-state index >= 15 is 0 Å². The van der Waals surface area contributed by atoms with E-state index in [0.717, 1.165) is 71.0 Å². The monoisotopic (exact) mass is 841 g/mol. The summed E-state index contributed by atoms with van der Waals surface area (Å²) in [6.07, 6.45) is 0. The second-order valence-electron chi connectivity index (χ2n) is 15.5. The van der Waals surface area contributed by atoms with E-state index in [4.69, 9.17) is 29.3 Å². The summed E-state index contributed by atoms with van der Waals surface area (Å²) in [5, 5.41) is 5.50. The highest BCUT2D eigenvalue weighted by Gasteiger charge is 2.23. The summed E-state index contributed by atoms with van der Waals surface area (Å²) in [6, 6.07) is 64.9. The van der Waals surface area contributed by atoms with Crippen LogP contribution in [0.5, 0.6) is 0 Å². The number of furan rings is 1. The molecule has 0 atom stereocenters. The summed E-state index contributed by atoms with van der Waals surface area (Å²) < 4.78 is 11.6. The van der Waals surface area contributed by atoms with Crippen LogP contribution in [0.15, 0.2) is 192 Å². The molecular formula is C55H31N5OS2. The van der Waals surface area contributed by atoms with Crippen molar-refractivity contribution < 1.29 is 4.42 Å². The lowest BCUT2D eigenvalue weighted by atomic mass is 10.0. The Bertz CT molecular complexity index is 3930. The third-order valence-corrected chi connectivity index (χ3v) is 14.2. The Balaban J connectivity index is 0.995. The molecule has 13 aromatic rings. The molecule has 0 saturated heterocycles. The van der Waals surface area contributed by atoms with Crippen molar-refractivity contribution in [3.8, 4) is 67.9 Å². The summed E-state index contributed by atoms with van der Waals surface area (Å²) in [5.74, 6) is 2.35. The number of benzene rings is 8. The zero-order chi connectivity index (χ0) is 41.4. The maximum Gasteiger partial charge on any atom is 0.164 e. The highest BCUT2D eigenvalue weighted by molar-refractivity contribution is 7.26. The predicted octanol–water partition coefficient (Wildman–Crippen LogP) is 15.3. The van der Waals surface area contributed by atoms with E-state index in [0.29, 0.717) is 28.9 Å². The zero-order valence-corrected chi connectivity index (χ0v) is 35.0. The summed E-state index contributed by atoms with van der Waals surface area (Å²) >= 11 is 3.56. The van der Waals surface area contributed by atoms with Gasteiger partial charge in [0.15, 0.2) is 23.3 Å². The van der Waals surface area contributed by atoms with Crippen molar-refractivity contribution in [1.29, 1.82) is 0 Å². The van der Waals surface area contributed by atoms with Gasteiger partial charge in [0.2, 0.25) is 0 Å². The van der Waals surface area contributed by atoms with Crippen molar-refractivity contribution in [3.63, 3.8) is 0 Å². The lowest BCUT2D eigenvalue weighted by Gasteiger charge is -2.11. The average molecular weight is 842 g/mol. The van der Waals surface area contributed by atoms with Gasteiger partial charge in [0, 0.05) is 63.3 Å².